The lowest BCUT2D eigenvalue weighted by Gasteiger charge is -2.17. The number of hydrogen-bond donors (Lipinski definition) is 4. The van der Waals surface area contributed by atoms with Crippen molar-refractivity contribution < 1.29 is 20.1 Å². The van der Waals surface area contributed by atoms with Crippen LogP contribution < -0.4 is 5.73 Å². The van der Waals surface area contributed by atoms with E-state index in [0.29, 0.717) is 0 Å². The van der Waals surface area contributed by atoms with E-state index in [4.69, 9.17) is 27.2 Å². The first-order chi connectivity index (χ1) is 9.54. The first-order valence-corrected chi connectivity index (χ1v) is 6.18. The summed E-state index contributed by atoms with van der Waals surface area (Å²) in [5, 5.41) is 29.0. The van der Waals surface area contributed by atoms with E-state index in [2.05, 4.69) is 15.0 Å². The normalized spacial score (nSPS) is 30.2. The number of hydrogen-bond acceptors (Lipinski definition) is 8. The molecule has 3 rings (SSSR count). The zero-order chi connectivity index (χ0) is 14.4. The Hall–Kier alpha value is -1.52. The van der Waals surface area contributed by atoms with Crippen LogP contribution in [-0.4, -0.2) is 59.8 Å². The van der Waals surface area contributed by atoms with Gasteiger partial charge in [0.1, 0.15) is 30.2 Å². The predicted molar refractivity (Wildman–Crippen MR) is 67.8 cm³/mol. The van der Waals surface area contributed by atoms with Crippen LogP contribution in [-0.2, 0) is 4.74 Å². The van der Waals surface area contributed by atoms with Gasteiger partial charge in [0.25, 0.3) is 0 Å². The van der Waals surface area contributed by atoms with Crippen LogP contribution in [0.15, 0.2) is 6.33 Å². The van der Waals surface area contributed by atoms with E-state index in [0.717, 1.165) is 0 Å². The van der Waals surface area contributed by atoms with Gasteiger partial charge in [-0.3, -0.25) is 4.57 Å². The molecule has 1 aliphatic rings. The minimum Gasteiger partial charge on any atom is -0.394 e. The van der Waals surface area contributed by atoms with Gasteiger partial charge in [0.2, 0.25) is 5.95 Å². The molecule has 0 spiro atoms. The molecular weight excluding hydrogens is 290 g/mol. The molecular formula is C10H12ClN5O4. The number of nitrogen functional groups attached to an aromatic ring is 1. The molecule has 9 nitrogen and oxygen atoms in total. The van der Waals surface area contributed by atoms with Crippen LogP contribution in [0.3, 0.4) is 0 Å². The molecule has 1 saturated heterocycles. The standard InChI is InChI=1S/C10H12ClN5O4/c11-7-4-8(14-2-13-7)16(10(12)15-4)9-6(19)5(18)3(1-17)20-9/h2-3,5-6,9,17-19H,1H2,(H2,12,15). The van der Waals surface area contributed by atoms with Gasteiger partial charge in [0, 0.05) is 0 Å². The molecule has 1 aliphatic heterocycles. The Bertz CT molecular complexity index is 650. The average Bonchev–Trinajstić information content (AvgIpc) is 2.90. The van der Waals surface area contributed by atoms with E-state index >= 15 is 0 Å². The Morgan fingerprint density at radius 3 is 2.75 bits per heavy atom. The lowest BCUT2D eigenvalue weighted by molar-refractivity contribution is -0.0500. The number of aliphatic hydroxyl groups is 3. The number of rotatable bonds is 2. The minimum absolute atomic E-state index is 0.0113. The van der Waals surface area contributed by atoms with Crippen LogP contribution in [0.1, 0.15) is 6.23 Å². The molecule has 0 amide bonds. The lowest BCUT2D eigenvalue weighted by Crippen LogP contribution is -2.33. The van der Waals surface area contributed by atoms with E-state index in [1.807, 2.05) is 0 Å². The third-order valence-electron chi connectivity index (χ3n) is 3.23. The van der Waals surface area contributed by atoms with Crippen molar-refractivity contribution in [2.24, 2.45) is 0 Å². The van der Waals surface area contributed by atoms with E-state index in [9.17, 15) is 10.2 Å². The fourth-order valence-corrected chi connectivity index (χ4v) is 2.41. The van der Waals surface area contributed by atoms with Gasteiger partial charge in [-0.2, -0.15) is 0 Å². The quantitative estimate of drug-likeness (QED) is 0.500. The maximum atomic E-state index is 10.0. The molecule has 0 aromatic carbocycles. The summed E-state index contributed by atoms with van der Waals surface area (Å²) < 4.78 is 6.71. The smallest absolute Gasteiger partial charge is 0.204 e. The third kappa shape index (κ3) is 1.83. The largest absolute Gasteiger partial charge is 0.394 e. The highest BCUT2D eigenvalue weighted by molar-refractivity contribution is 6.33. The van der Waals surface area contributed by atoms with Crippen molar-refractivity contribution in [3.05, 3.63) is 11.5 Å². The predicted octanol–water partition coefficient (Wildman–Crippen LogP) is -1.33. The van der Waals surface area contributed by atoms with Gasteiger partial charge in [-0.15, -0.1) is 0 Å². The van der Waals surface area contributed by atoms with Crippen LogP contribution in [0.5, 0.6) is 0 Å². The van der Waals surface area contributed by atoms with Crippen molar-refractivity contribution in [3.8, 4) is 0 Å². The Morgan fingerprint density at radius 2 is 2.10 bits per heavy atom. The molecule has 0 saturated carbocycles. The number of nitrogens with two attached hydrogens (primary N) is 1. The molecule has 4 unspecified atom stereocenters. The van der Waals surface area contributed by atoms with Crippen LogP contribution in [0, 0.1) is 0 Å². The highest BCUT2D eigenvalue weighted by Crippen LogP contribution is 2.34. The highest BCUT2D eigenvalue weighted by atomic mass is 35.5. The first-order valence-electron chi connectivity index (χ1n) is 5.81. The monoisotopic (exact) mass is 301 g/mol. The second-order valence-corrected chi connectivity index (χ2v) is 4.76. The Labute approximate surface area is 117 Å². The number of aliphatic hydroxyl groups excluding tert-OH is 3. The maximum absolute atomic E-state index is 10.0. The molecule has 5 N–H and O–H groups in total. The topological polar surface area (TPSA) is 140 Å². The Kier molecular flexibility index (Phi) is 3.22. The van der Waals surface area contributed by atoms with Crippen molar-refractivity contribution in [1.82, 2.24) is 19.5 Å². The molecule has 108 valence electrons. The fourth-order valence-electron chi connectivity index (χ4n) is 2.24. The second kappa shape index (κ2) is 4.79. The van der Waals surface area contributed by atoms with Crippen LogP contribution in [0.2, 0.25) is 5.15 Å². The van der Waals surface area contributed by atoms with Gasteiger partial charge < -0.3 is 25.8 Å². The molecule has 0 radical (unpaired) electrons. The van der Waals surface area contributed by atoms with Gasteiger partial charge in [0.05, 0.1) is 6.61 Å². The first kappa shape index (κ1) is 13.5. The molecule has 10 heteroatoms. The summed E-state index contributed by atoms with van der Waals surface area (Å²) >= 11 is 5.89. The van der Waals surface area contributed by atoms with E-state index < -0.39 is 31.1 Å². The summed E-state index contributed by atoms with van der Waals surface area (Å²) in [6, 6.07) is 0. The van der Waals surface area contributed by atoms with Crippen LogP contribution in [0.25, 0.3) is 11.2 Å². The molecule has 20 heavy (non-hydrogen) atoms. The molecule has 2 aromatic rings. The lowest BCUT2D eigenvalue weighted by atomic mass is 10.1. The number of aromatic nitrogens is 4. The molecule has 0 aliphatic carbocycles. The van der Waals surface area contributed by atoms with Crippen molar-refractivity contribution in [2.75, 3.05) is 12.3 Å². The van der Waals surface area contributed by atoms with Gasteiger partial charge in [-0.05, 0) is 0 Å². The summed E-state index contributed by atoms with van der Waals surface area (Å²) in [7, 11) is 0. The van der Waals surface area contributed by atoms with Gasteiger partial charge in [-0.25, -0.2) is 15.0 Å². The van der Waals surface area contributed by atoms with Crippen LogP contribution >= 0.6 is 11.6 Å². The maximum Gasteiger partial charge on any atom is 0.204 e. The minimum atomic E-state index is -1.28. The molecule has 2 aromatic heterocycles. The number of halogens is 1. The fraction of sp³-hybridized carbons (Fsp3) is 0.500. The van der Waals surface area contributed by atoms with E-state index in [-0.39, 0.29) is 22.3 Å². The third-order valence-corrected chi connectivity index (χ3v) is 3.51. The number of anilines is 1. The molecule has 1 fully saturated rings. The molecule has 3 heterocycles. The van der Waals surface area contributed by atoms with Gasteiger partial charge >= 0.3 is 0 Å². The van der Waals surface area contributed by atoms with Crippen LogP contribution in [0.4, 0.5) is 5.95 Å². The van der Waals surface area contributed by atoms with Gasteiger partial charge in [0.15, 0.2) is 17.0 Å². The Balaban J connectivity index is 2.11. The zero-order valence-corrected chi connectivity index (χ0v) is 10.8. The SMILES string of the molecule is Nc1nc2c(Cl)ncnc2n1C1OC(CO)C(O)C1O. The highest BCUT2D eigenvalue weighted by Gasteiger charge is 2.44. The van der Waals surface area contributed by atoms with Crippen molar-refractivity contribution in [1.29, 1.82) is 0 Å². The summed E-state index contributed by atoms with van der Waals surface area (Å²) in [4.78, 5) is 11.8. The van der Waals surface area contributed by atoms with Crippen molar-refractivity contribution >= 4 is 28.7 Å². The number of ether oxygens (including phenoxy) is 1. The van der Waals surface area contributed by atoms with E-state index in [1.54, 1.807) is 0 Å². The molecule has 0 bridgehead atoms. The number of fused-ring (bicyclic) bond motifs is 1. The van der Waals surface area contributed by atoms with Gasteiger partial charge in [-0.1, -0.05) is 11.6 Å². The summed E-state index contributed by atoms with van der Waals surface area (Å²) in [5.41, 5.74) is 6.33. The number of nitrogens with zero attached hydrogens (tertiary/aromatic N) is 4. The van der Waals surface area contributed by atoms with E-state index in [1.165, 1.54) is 10.9 Å². The van der Waals surface area contributed by atoms with Crippen molar-refractivity contribution in [2.45, 2.75) is 24.5 Å². The molecule has 4 atom stereocenters. The summed E-state index contributed by atoms with van der Waals surface area (Å²) in [5.74, 6) is 0.0113. The second-order valence-electron chi connectivity index (χ2n) is 4.41. The summed E-state index contributed by atoms with van der Waals surface area (Å²) in [6.07, 6.45) is -3.22. The number of imidazole rings is 1. The summed E-state index contributed by atoms with van der Waals surface area (Å²) in [6.45, 7) is -0.434. The Morgan fingerprint density at radius 1 is 1.35 bits per heavy atom. The van der Waals surface area contributed by atoms with Crippen molar-refractivity contribution in [3.63, 3.8) is 0 Å². The average molecular weight is 302 g/mol. The zero-order valence-electron chi connectivity index (χ0n) is 10.1.